The van der Waals surface area contributed by atoms with Crippen molar-refractivity contribution in [3.63, 3.8) is 0 Å². The first kappa shape index (κ1) is 17.7. The molecule has 6 nitrogen and oxygen atoms in total. The van der Waals surface area contributed by atoms with Crippen molar-refractivity contribution in [3.8, 4) is 22.9 Å². The summed E-state index contributed by atoms with van der Waals surface area (Å²) in [5, 5.41) is 7.21. The molecule has 3 aromatic rings. The lowest BCUT2D eigenvalue weighted by molar-refractivity contribution is 0.310. The number of nitrogens with two attached hydrogens (primary N) is 1. The van der Waals surface area contributed by atoms with Crippen molar-refractivity contribution >= 4 is 22.6 Å². The van der Waals surface area contributed by atoms with E-state index in [1.807, 2.05) is 49.4 Å². The molecule has 7 heteroatoms. The van der Waals surface area contributed by atoms with Crippen LogP contribution >= 0.6 is 22.6 Å². The number of benzene rings is 2. The third-order valence-electron chi connectivity index (χ3n) is 3.75. The number of aromatic nitrogens is 3. The van der Waals surface area contributed by atoms with Crippen LogP contribution in [0.5, 0.6) is 11.5 Å². The number of H-pyrrole nitrogens is 1. The first-order valence-electron chi connectivity index (χ1n) is 7.87. The molecule has 0 amide bonds. The molecule has 0 aliphatic heterocycles. The van der Waals surface area contributed by atoms with Crippen LogP contribution in [-0.2, 0) is 0 Å². The molecule has 0 aliphatic carbocycles. The van der Waals surface area contributed by atoms with Crippen molar-refractivity contribution in [2.24, 2.45) is 5.73 Å². The molecule has 2 aromatic carbocycles. The lowest BCUT2D eigenvalue weighted by Gasteiger charge is -2.13. The molecule has 0 fully saturated rings. The summed E-state index contributed by atoms with van der Waals surface area (Å²) in [6.45, 7) is 2.50. The van der Waals surface area contributed by atoms with Gasteiger partial charge < -0.3 is 15.2 Å². The van der Waals surface area contributed by atoms with Gasteiger partial charge in [0.15, 0.2) is 17.3 Å². The molecule has 0 radical (unpaired) electrons. The minimum Gasteiger partial charge on any atom is -0.493 e. The lowest BCUT2D eigenvalue weighted by atomic mass is 10.1. The van der Waals surface area contributed by atoms with Crippen molar-refractivity contribution in [2.75, 3.05) is 13.7 Å². The van der Waals surface area contributed by atoms with Crippen LogP contribution in [0.2, 0.25) is 0 Å². The fraction of sp³-hybridized carbons (Fsp3) is 0.222. The van der Waals surface area contributed by atoms with E-state index in [1.54, 1.807) is 7.11 Å². The van der Waals surface area contributed by atoms with Gasteiger partial charge in [-0.3, -0.25) is 5.10 Å². The third-order valence-corrected chi connectivity index (χ3v) is 4.47. The second-order valence-electron chi connectivity index (χ2n) is 5.37. The van der Waals surface area contributed by atoms with Gasteiger partial charge in [0.25, 0.3) is 0 Å². The first-order chi connectivity index (χ1) is 12.1. The second kappa shape index (κ2) is 7.83. The maximum atomic E-state index is 6.35. The molecule has 1 aromatic heterocycles. The smallest absolute Gasteiger partial charge is 0.181 e. The van der Waals surface area contributed by atoms with Crippen LogP contribution in [0.15, 0.2) is 42.5 Å². The van der Waals surface area contributed by atoms with Gasteiger partial charge in [-0.2, -0.15) is 5.10 Å². The van der Waals surface area contributed by atoms with Crippen LogP contribution in [-0.4, -0.2) is 28.9 Å². The van der Waals surface area contributed by atoms with Gasteiger partial charge in [0.1, 0.15) is 5.82 Å². The minimum atomic E-state index is -0.435. The highest BCUT2D eigenvalue weighted by Crippen LogP contribution is 2.31. The van der Waals surface area contributed by atoms with Gasteiger partial charge in [-0.15, -0.1) is 0 Å². The Morgan fingerprint density at radius 3 is 2.60 bits per heavy atom. The SMILES string of the molecule is CCOc1ccc([C@H](N)c2nc(-c3ccc(I)cc3)n[nH]2)cc1OC. The van der Waals surface area contributed by atoms with Crippen molar-refractivity contribution in [1.29, 1.82) is 0 Å². The number of halogens is 1. The number of rotatable bonds is 6. The summed E-state index contributed by atoms with van der Waals surface area (Å²) in [7, 11) is 1.61. The topological polar surface area (TPSA) is 86.0 Å². The Morgan fingerprint density at radius 1 is 1.16 bits per heavy atom. The van der Waals surface area contributed by atoms with Crippen molar-refractivity contribution in [2.45, 2.75) is 13.0 Å². The number of nitrogens with one attached hydrogen (secondary N) is 1. The summed E-state index contributed by atoms with van der Waals surface area (Å²) < 4.78 is 12.1. The Balaban J connectivity index is 1.86. The summed E-state index contributed by atoms with van der Waals surface area (Å²) in [6.07, 6.45) is 0. The van der Waals surface area contributed by atoms with Gasteiger partial charge in [-0.1, -0.05) is 18.2 Å². The van der Waals surface area contributed by atoms with Crippen molar-refractivity contribution in [1.82, 2.24) is 15.2 Å². The molecule has 0 saturated heterocycles. The van der Waals surface area contributed by atoms with E-state index in [9.17, 15) is 0 Å². The van der Waals surface area contributed by atoms with E-state index in [0.717, 1.165) is 14.7 Å². The van der Waals surface area contributed by atoms with Gasteiger partial charge in [0.2, 0.25) is 0 Å². The van der Waals surface area contributed by atoms with E-state index in [-0.39, 0.29) is 0 Å². The summed E-state index contributed by atoms with van der Waals surface area (Å²) >= 11 is 2.26. The maximum absolute atomic E-state index is 6.35. The highest BCUT2D eigenvalue weighted by molar-refractivity contribution is 14.1. The first-order valence-corrected chi connectivity index (χ1v) is 8.94. The van der Waals surface area contributed by atoms with Crippen LogP contribution in [0.4, 0.5) is 0 Å². The van der Waals surface area contributed by atoms with E-state index in [0.29, 0.717) is 29.8 Å². The molecule has 3 rings (SSSR count). The molecule has 3 N–H and O–H groups in total. The van der Waals surface area contributed by atoms with Crippen molar-refractivity contribution < 1.29 is 9.47 Å². The molecular formula is C18H19IN4O2. The number of aromatic amines is 1. The lowest BCUT2D eigenvalue weighted by Crippen LogP contribution is -2.14. The number of nitrogens with zero attached hydrogens (tertiary/aromatic N) is 2. The zero-order valence-electron chi connectivity index (χ0n) is 14.0. The van der Waals surface area contributed by atoms with Crippen molar-refractivity contribution in [3.05, 3.63) is 57.4 Å². The quantitative estimate of drug-likeness (QED) is 0.562. The molecule has 0 spiro atoms. The summed E-state index contributed by atoms with van der Waals surface area (Å²) in [5.74, 6) is 2.56. The third kappa shape index (κ3) is 3.93. The summed E-state index contributed by atoms with van der Waals surface area (Å²) in [5.41, 5.74) is 8.16. The Morgan fingerprint density at radius 2 is 1.92 bits per heavy atom. The van der Waals surface area contributed by atoms with Crippen LogP contribution in [0.25, 0.3) is 11.4 Å². The molecule has 1 atom stereocenters. The average Bonchev–Trinajstić information content (AvgIpc) is 3.12. The average molecular weight is 450 g/mol. The van der Waals surface area contributed by atoms with Gasteiger partial charge >= 0.3 is 0 Å². The molecule has 0 unspecified atom stereocenters. The van der Waals surface area contributed by atoms with E-state index in [1.165, 1.54) is 0 Å². The minimum absolute atomic E-state index is 0.435. The zero-order chi connectivity index (χ0) is 17.8. The fourth-order valence-electron chi connectivity index (χ4n) is 2.45. The van der Waals surface area contributed by atoms with Gasteiger partial charge in [0.05, 0.1) is 19.8 Å². The highest BCUT2D eigenvalue weighted by Gasteiger charge is 2.17. The molecule has 0 aliphatic rings. The van der Waals surface area contributed by atoms with E-state index < -0.39 is 6.04 Å². The van der Waals surface area contributed by atoms with Crippen LogP contribution in [0.1, 0.15) is 24.4 Å². The molecular weight excluding hydrogens is 431 g/mol. The number of methoxy groups -OCH3 is 1. The second-order valence-corrected chi connectivity index (χ2v) is 6.62. The van der Waals surface area contributed by atoms with E-state index in [4.69, 9.17) is 15.2 Å². The Labute approximate surface area is 159 Å². The Hall–Kier alpha value is -2.13. The zero-order valence-corrected chi connectivity index (χ0v) is 16.1. The van der Waals surface area contributed by atoms with Crippen LogP contribution < -0.4 is 15.2 Å². The summed E-state index contributed by atoms with van der Waals surface area (Å²) in [4.78, 5) is 4.53. The predicted octanol–water partition coefficient (Wildman–Crippen LogP) is 3.53. The fourth-order valence-corrected chi connectivity index (χ4v) is 2.81. The van der Waals surface area contributed by atoms with Crippen LogP contribution in [0.3, 0.4) is 0 Å². The molecule has 0 bridgehead atoms. The molecule has 0 saturated carbocycles. The van der Waals surface area contributed by atoms with Gasteiger partial charge in [0, 0.05) is 9.13 Å². The summed E-state index contributed by atoms with van der Waals surface area (Å²) in [6, 6.07) is 13.2. The standard InChI is InChI=1S/C18H19IN4O2/c1-3-25-14-9-6-12(10-15(14)24-2)16(20)18-21-17(22-23-18)11-4-7-13(19)8-5-11/h4-10,16H,3,20H2,1-2H3,(H,21,22,23)/t16-/m0/s1. The molecule has 130 valence electrons. The van der Waals surface area contributed by atoms with Crippen LogP contribution in [0, 0.1) is 3.57 Å². The Kier molecular flexibility index (Phi) is 5.54. The normalized spacial score (nSPS) is 12.0. The van der Waals surface area contributed by atoms with Gasteiger partial charge in [-0.05, 0) is 59.3 Å². The predicted molar refractivity (Wildman–Crippen MR) is 105 cm³/mol. The monoisotopic (exact) mass is 450 g/mol. The van der Waals surface area contributed by atoms with E-state index >= 15 is 0 Å². The number of ether oxygens (including phenoxy) is 2. The highest BCUT2D eigenvalue weighted by atomic mass is 127. The molecule has 1 heterocycles. The molecule has 25 heavy (non-hydrogen) atoms. The maximum Gasteiger partial charge on any atom is 0.181 e. The van der Waals surface area contributed by atoms with E-state index in [2.05, 4.69) is 37.8 Å². The van der Waals surface area contributed by atoms with Gasteiger partial charge in [-0.25, -0.2) is 4.98 Å². The number of hydrogen-bond acceptors (Lipinski definition) is 5. The largest absolute Gasteiger partial charge is 0.493 e. The number of hydrogen-bond donors (Lipinski definition) is 2. The Bertz CT molecular complexity index is 849.